The van der Waals surface area contributed by atoms with Crippen LogP contribution in [0.1, 0.15) is 57.4 Å². The first-order valence-corrected chi connectivity index (χ1v) is 9.96. The van der Waals surface area contributed by atoms with E-state index in [1.165, 1.54) is 32.1 Å². The standard InChI is InChI=1S/C15H25O4P.C2H4O/c1-2-3-4-5-6-7-8-11-14-12-9-10-13-15(14)19-20(16,17)18;1-2-3-1/h9-10,12-13H,2-8,11H2,1H3,(H2,16,17,18);1-2H2. The Balaban J connectivity index is 0.000000784. The highest BCUT2D eigenvalue weighted by Crippen LogP contribution is 2.39. The highest BCUT2D eigenvalue weighted by atomic mass is 31.2. The Morgan fingerprint density at radius 2 is 1.61 bits per heavy atom. The Labute approximate surface area is 139 Å². The Morgan fingerprint density at radius 3 is 2.17 bits per heavy atom. The minimum atomic E-state index is -4.47. The summed E-state index contributed by atoms with van der Waals surface area (Å²) in [5, 5.41) is 0. The van der Waals surface area contributed by atoms with Gasteiger partial charge in [-0.3, -0.25) is 9.79 Å². The van der Waals surface area contributed by atoms with Crippen molar-refractivity contribution in [2.75, 3.05) is 13.2 Å². The summed E-state index contributed by atoms with van der Waals surface area (Å²) >= 11 is 0. The van der Waals surface area contributed by atoms with Gasteiger partial charge in [0.05, 0.1) is 13.2 Å². The molecule has 1 aromatic carbocycles. The summed E-state index contributed by atoms with van der Waals surface area (Å²) in [4.78, 5) is 17.8. The van der Waals surface area contributed by atoms with E-state index in [1.807, 2.05) is 12.1 Å². The van der Waals surface area contributed by atoms with E-state index in [0.29, 0.717) is 5.75 Å². The molecule has 2 rings (SSSR count). The van der Waals surface area contributed by atoms with E-state index in [4.69, 9.17) is 14.3 Å². The van der Waals surface area contributed by atoms with Crippen LogP contribution in [0.25, 0.3) is 0 Å². The molecule has 1 aromatic rings. The molecule has 0 amide bonds. The van der Waals surface area contributed by atoms with Crippen molar-refractivity contribution in [2.24, 2.45) is 0 Å². The number of hydrogen-bond acceptors (Lipinski definition) is 3. The number of benzene rings is 1. The molecule has 1 fully saturated rings. The van der Waals surface area contributed by atoms with Gasteiger partial charge < -0.3 is 9.26 Å². The van der Waals surface area contributed by atoms with Gasteiger partial charge in [0.25, 0.3) is 0 Å². The molecule has 0 atom stereocenters. The fourth-order valence-electron chi connectivity index (χ4n) is 2.20. The van der Waals surface area contributed by atoms with Gasteiger partial charge in [0.15, 0.2) is 0 Å². The Morgan fingerprint density at radius 1 is 1.04 bits per heavy atom. The third kappa shape index (κ3) is 12.2. The van der Waals surface area contributed by atoms with Crippen LogP contribution >= 0.6 is 7.82 Å². The van der Waals surface area contributed by atoms with Gasteiger partial charge in [0.2, 0.25) is 0 Å². The maximum atomic E-state index is 10.9. The predicted molar refractivity (Wildman–Crippen MR) is 91.6 cm³/mol. The van der Waals surface area contributed by atoms with Crippen LogP contribution in [0.3, 0.4) is 0 Å². The molecule has 0 aromatic heterocycles. The molecule has 0 spiro atoms. The predicted octanol–water partition coefficient (Wildman–Crippen LogP) is 4.47. The van der Waals surface area contributed by atoms with E-state index in [9.17, 15) is 4.57 Å². The van der Waals surface area contributed by atoms with Crippen LogP contribution in [0.2, 0.25) is 0 Å². The smallest absolute Gasteiger partial charge is 0.404 e. The lowest BCUT2D eigenvalue weighted by molar-refractivity contribution is 0.282. The number of unbranched alkanes of at least 4 members (excludes halogenated alkanes) is 6. The van der Waals surface area contributed by atoms with Crippen molar-refractivity contribution in [3.63, 3.8) is 0 Å². The number of phosphoric ester groups is 1. The number of para-hydroxylation sites is 1. The van der Waals surface area contributed by atoms with Crippen LogP contribution in [-0.2, 0) is 15.7 Å². The second kappa shape index (κ2) is 11.6. The first-order chi connectivity index (χ1) is 11.0. The maximum absolute atomic E-state index is 10.9. The second-order valence-electron chi connectivity index (χ2n) is 5.67. The maximum Gasteiger partial charge on any atom is 0.524 e. The number of epoxide rings is 1. The normalized spacial score (nSPS) is 13.2. The molecule has 1 heterocycles. The fourth-order valence-corrected chi connectivity index (χ4v) is 2.63. The second-order valence-corrected chi connectivity index (χ2v) is 6.84. The van der Waals surface area contributed by atoms with Crippen LogP contribution in [0.15, 0.2) is 24.3 Å². The van der Waals surface area contributed by atoms with Gasteiger partial charge in [-0.1, -0.05) is 63.6 Å². The Kier molecular flexibility index (Phi) is 10.2. The summed E-state index contributed by atoms with van der Waals surface area (Å²) in [6.45, 7) is 4.21. The zero-order valence-electron chi connectivity index (χ0n) is 13.9. The van der Waals surface area contributed by atoms with E-state index in [-0.39, 0.29) is 0 Å². The van der Waals surface area contributed by atoms with E-state index >= 15 is 0 Å². The highest BCUT2D eigenvalue weighted by molar-refractivity contribution is 7.46. The lowest BCUT2D eigenvalue weighted by Gasteiger charge is -2.11. The summed E-state index contributed by atoms with van der Waals surface area (Å²) in [5.41, 5.74) is 0.865. The molecule has 1 aliphatic rings. The fraction of sp³-hybridized carbons (Fsp3) is 0.647. The van der Waals surface area contributed by atoms with Crippen molar-refractivity contribution in [3.05, 3.63) is 29.8 Å². The van der Waals surface area contributed by atoms with Gasteiger partial charge in [-0.05, 0) is 24.5 Å². The van der Waals surface area contributed by atoms with Crippen LogP contribution in [0.5, 0.6) is 5.75 Å². The molecule has 132 valence electrons. The molecular weight excluding hydrogens is 315 g/mol. The van der Waals surface area contributed by atoms with Crippen LogP contribution < -0.4 is 4.52 Å². The first kappa shape index (κ1) is 20.2. The van der Waals surface area contributed by atoms with Gasteiger partial charge in [-0.25, -0.2) is 4.57 Å². The zero-order valence-corrected chi connectivity index (χ0v) is 14.8. The Bertz CT molecular complexity index is 467. The largest absolute Gasteiger partial charge is 0.524 e. The Hall–Kier alpha value is -0.870. The molecule has 5 nitrogen and oxygen atoms in total. The van der Waals surface area contributed by atoms with E-state index in [2.05, 4.69) is 11.7 Å². The van der Waals surface area contributed by atoms with Crippen molar-refractivity contribution in [2.45, 2.75) is 58.3 Å². The average Bonchev–Trinajstić information content (AvgIpc) is 3.35. The molecular formula is C17H29O5P. The molecule has 0 aliphatic carbocycles. The summed E-state index contributed by atoms with van der Waals surface area (Å²) in [7, 11) is -4.47. The van der Waals surface area contributed by atoms with E-state index < -0.39 is 7.82 Å². The van der Waals surface area contributed by atoms with E-state index in [1.54, 1.807) is 12.1 Å². The van der Waals surface area contributed by atoms with Crippen molar-refractivity contribution in [3.8, 4) is 5.75 Å². The van der Waals surface area contributed by atoms with Crippen molar-refractivity contribution in [1.29, 1.82) is 0 Å². The minimum absolute atomic E-state index is 0.298. The number of aryl methyl sites for hydroxylation is 1. The minimum Gasteiger partial charge on any atom is -0.404 e. The van der Waals surface area contributed by atoms with Gasteiger partial charge in [0, 0.05) is 0 Å². The lowest BCUT2D eigenvalue weighted by atomic mass is 10.0. The molecule has 0 saturated carbocycles. The van der Waals surface area contributed by atoms with Gasteiger partial charge in [-0.15, -0.1) is 0 Å². The van der Waals surface area contributed by atoms with Crippen molar-refractivity contribution >= 4 is 7.82 Å². The number of rotatable bonds is 10. The van der Waals surface area contributed by atoms with Gasteiger partial charge >= 0.3 is 7.82 Å². The molecule has 1 saturated heterocycles. The third-order valence-corrected chi connectivity index (χ3v) is 3.88. The molecule has 6 heteroatoms. The molecule has 2 N–H and O–H groups in total. The first-order valence-electron chi connectivity index (χ1n) is 8.43. The SMILES string of the molecule is C1CO1.CCCCCCCCCc1ccccc1OP(=O)(O)O. The lowest BCUT2D eigenvalue weighted by Crippen LogP contribution is -1.95. The quantitative estimate of drug-likeness (QED) is 0.372. The van der Waals surface area contributed by atoms with Crippen molar-refractivity contribution in [1.82, 2.24) is 0 Å². The number of phosphoric acid groups is 1. The number of ether oxygens (including phenoxy) is 1. The third-order valence-electron chi connectivity index (χ3n) is 3.44. The number of hydrogen-bond donors (Lipinski definition) is 2. The molecule has 0 unspecified atom stereocenters. The molecule has 0 bridgehead atoms. The molecule has 23 heavy (non-hydrogen) atoms. The summed E-state index contributed by atoms with van der Waals surface area (Å²) < 4.78 is 20.1. The zero-order chi connectivity index (χ0) is 17.0. The highest BCUT2D eigenvalue weighted by Gasteiger charge is 2.17. The monoisotopic (exact) mass is 344 g/mol. The molecule has 0 radical (unpaired) electrons. The average molecular weight is 344 g/mol. The van der Waals surface area contributed by atoms with E-state index in [0.717, 1.165) is 38.0 Å². The van der Waals surface area contributed by atoms with Crippen molar-refractivity contribution < 1.29 is 23.6 Å². The summed E-state index contributed by atoms with van der Waals surface area (Å²) in [6.07, 6.45) is 9.32. The molecule has 1 aliphatic heterocycles. The van der Waals surface area contributed by atoms with Crippen LogP contribution in [0, 0.1) is 0 Å². The van der Waals surface area contributed by atoms with Crippen LogP contribution in [0.4, 0.5) is 0 Å². The summed E-state index contributed by atoms with van der Waals surface area (Å²) in [5.74, 6) is 0.298. The van der Waals surface area contributed by atoms with Gasteiger partial charge in [-0.2, -0.15) is 0 Å². The topological polar surface area (TPSA) is 79.3 Å². The van der Waals surface area contributed by atoms with Crippen LogP contribution in [-0.4, -0.2) is 23.0 Å². The summed E-state index contributed by atoms with van der Waals surface area (Å²) in [6, 6.07) is 7.06. The van der Waals surface area contributed by atoms with Gasteiger partial charge in [0.1, 0.15) is 5.75 Å².